The molecule has 5 rings (SSSR count). The summed E-state index contributed by atoms with van der Waals surface area (Å²) in [5.41, 5.74) is 1.55. The van der Waals surface area contributed by atoms with Gasteiger partial charge in [-0.1, -0.05) is 29.8 Å². The average Bonchev–Trinajstić information content (AvgIpc) is 2.78. The maximum atomic E-state index is 12.8. The normalized spacial score (nSPS) is 33.7. The van der Waals surface area contributed by atoms with Gasteiger partial charge in [0.25, 0.3) is 0 Å². The number of amides is 2. The Bertz CT molecular complexity index is 649. The van der Waals surface area contributed by atoms with E-state index in [2.05, 4.69) is 12.2 Å². The minimum absolute atomic E-state index is 0.0519. The largest absolute Gasteiger partial charge is 0.274 e. The quantitative estimate of drug-likeness (QED) is 0.589. The van der Waals surface area contributed by atoms with Crippen LogP contribution in [0.1, 0.15) is 18.4 Å². The summed E-state index contributed by atoms with van der Waals surface area (Å²) in [6.07, 6.45) is 6.30. The van der Waals surface area contributed by atoms with Crippen LogP contribution in [0.2, 0.25) is 5.02 Å². The van der Waals surface area contributed by atoms with Crippen molar-refractivity contribution in [2.24, 2.45) is 23.7 Å². The number of anilines is 1. The number of halogens is 1. The van der Waals surface area contributed by atoms with Gasteiger partial charge < -0.3 is 0 Å². The summed E-state index contributed by atoms with van der Waals surface area (Å²) in [5.74, 6) is 0.0142. The molecule has 0 radical (unpaired) electrons. The molecular weight excluding hydrogens is 286 g/mol. The minimum atomic E-state index is -0.165. The molecule has 1 saturated carbocycles. The van der Waals surface area contributed by atoms with Gasteiger partial charge in [0, 0.05) is 5.02 Å². The van der Waals surface area contributed by atoms with E-state index in [9.17, 15) is 9.59 Å². The third-order valence-corrected chi connectivity index (χ3v) is 5.58. The zero-order valence-electron chi connectivity index (χ0n) is 11.8. The molecular formula is C17H16ClNO2. The molecule has 0 aromatic heterocycles. The fourth-order valence-electron chi connectivity index (χ4n) is 4.05. The van der Waals surface area contributed by atoms with E-state index in [1.54, 1.807) is 6.07 Å². The number of benzene rings is 1. The molecule has 4 heteroatoms. The van der Waals surface area contributed by atoms with Crippen LogP contribution in [-0.4, -0.2) is 11.8 Å². The fourth-order valence-corrected chi connectivity index (χ4v) is 4.22. The Kier molecular flexibility index (Phi) is 2.77. The highest BCUT2D eigenvalue weighted by molar-refractivity contribution is 6.32. The zero-order valence-corrected chi connectivity index (χ0v) is 12.5. The average molecular weight is 302 g/mol. The molecule has 3 aliphatic carbocycles. The van der Waals surface area contributed by atoms with Crippen LogP contribution in [0.25, 0.3) is 0 Å². The Hall–Kier alpha value is -1.61. The molecule has 0 N–H and O–H groups in total. The van der Waals surface area contributed by atoms with Crippen LogP contribution >= 0.6 is 11.6 Å². The van der Waals surface area contributed by atoms with Crippen molar-refractivity contribution in [2.75, 3.05) is 4.90 Å². The standard InChI is InChI=1S/C17H16ClNO2/c1-9-2-7-12(8-13(9)18)19-16(20)14-10-3-4-11(6-5-10)15(14)17(19)21/h2-4,7-8,10-11,14-15H,5-6H2,1H3/t10-,11-,14-,15-/m1/s1. The lowest BCUT2D eigenvalue weighted by Gasteiger charge is -2.38. The van der Waals surface area contributed by atoms with Crippen LogP contribution in [-0.2, 0) is 9.59 Å². The summed E-state index contributed by atoms with van der Waals surface area (Å²) in [4.78, 5) is 26.9. The second-order valence-electron chi connectivity index (χ2n) is 6.29. The molecule has 0 spiro atoms. The Morgan fingerprint density at radius 1 is 1.05 bits per heavy atom. The van der Waals surface area contributed by atoms with Crippen molar-refractivity contribution in [3.8, 4) is 0 Å². The van der Waals surface area contributed by atoms with Crippen LogP contribution in [0.5, 0.6) is 0 Å². The number of fused-ring (bicyclic) bond motifs is 1. The van der Waals surface area contributed by atoms with Gasteiger partial charge in [-0.15, -0.1) is 0 Å². The van der Waals surface area contributed by atoms with Crippen molar-refractivity contribution in [1.82, 2.24) is 0 Å². The van der Waals surface area contributed by atoms with Crippen molar-refractivity contribution in [1.29, 1.82) is 0 Å². The van der Waals surface area contributed by atoms with Gasteiger partial charge in [0.15, 0.2) is 0 Å². The molecule has 2 fully saturated rings. The van der Waals surface area contributed by atoms with E-state index in [4.69, 9.17) is 11.6 Å². The van der Waals surface area contributed by atoms with Crippen molar-refractivity contribution in [3.63, 3.8) is 0 Å². The van der Waals surface area contributed by atoms with Gasteiger partial charge in [0.2, 0.25) is 11.8 Å². The molecule has 1 aromatic carbocycles. The molecule has 0 unspecified atom stereocenters. The monoisotopic (exact) mass is 301 g/mol. The van der Waals surface area contributed by atoms with E-state index < -0.39 is 0 Å². The summed E-state index contributed by atoms with van der Waals surface area (Å²) < 4.78 is 0. The number of nitrogens with zero attached hydrogens (tertiary/aromatic N) is 1. The van der Waals surface area contributed by atoms with Crippen molar-refractivity contribution >= 4 is 29.1 Å². The molecule has 2 bridgehead atoms. The third kappa shape index (κ3) is 1.73. The van der Waals surface area contributed by atoms with Crippen molar-refractivity contribution in [3.05, 3.63) is 40.9 Å². The molecule has 4 atom stereocenters. The minimum Gasteiger partial charge on any atom is -0.274 e. The van der Waals surface area contributed by atoms with Gasteiger partial charge in [-0.05, 0) is 49.3 Å². The van der Waals surface area contributed by atoms with Crippen LogP contribution in [0.4, 0.5) is 5.69 Å². The SMILES string of the molecule is Cc1ccc(N2C(=O)[C@H]3[C@H](C2=O)[C@@H]2C=C[C@@H]3CC2)cc1Cl. The van der Waals surface area contributed by atoms with Gasteiger partial charge in [0.1, 0.15) is 0 Å². The Balaban J connectivity index is 1.76. The van der Waals surface area contributed by atoms with E-state index in [0.717, 1.165) is 18.4 Å². The summed E-state index contributed by atoms with van der Waals surface area (Å²) in [6.45, 7) is 1.91. The van der Waals surface area contributed by atoms with Crippen LogP contribution < -0.4 is 4.90 Å². The maximum absolute atomic E-state index is 12.8. The molecule has 1 aromatic rings. The maximum Gasteiger partial charge on any atom is 0.238 e. The molecule has 4 aliphatic rings. The predicted octanol–water partition coefficient (Wildman–Crippen LogP) is 3.35. The van der Waals surface area contributed by atoms with E-state index in [1.165, 1.54) is 4.90 Å². The lowest BCUT2D eigenvalue weighted by atomic mass is 9.63. The number of carbonyl (C=O) groups excluding carboxylic acids is 2. The van der Waals surface area contributed by atoms with E-state index in [-0.39, 0.29) is 35.5 Å². The number of imide groups is 1. The van der Waals surface area contributed by atoms with Gasteiger partial charge in [-0.3, -0.25) is 9.59 Å². The van der Waals surface area contributed by atoms with Gasteiger partial charge >= 0.3 is 0 Å². The van der Waals surface area contributed by atoms with Crippen molar-refractivity contribution < 1.29 is 9.59 Å². The number of carbonyl (C=O) groups is 2. The number of allylic oxidation sites excluding steroid dienone is 2. The molecule has 21 heavy (non-hydrogen) atoms. The number of hydrogen-bond acceptors (Lipinski definition) is 2. The van der Waals surface area contributed by atoms with E-state index in [0.29, 0.717) is 10.7 Å². The second kappa shape index (κ2) is 4.44. The molecule has 108 valence electrons. The van der Waals surface area contributed by atoms with Crippen LogP contribution in [0.3, 0.4) is 0 Å². The predicted molar refractivity (Wildman–Crippen MR) is 81.0 cm³/mol. The van der Waals surface area contributed by atoms with E-state index >= 15 is 0 Å². The van der Waals surface area contributed by atoms with Gasteiger partial charge in [0.05, 0.1) is 17.5 Å². The van der Waals surface area contributed by atoms with Gasteiger partial charge in [-0.2, -0.15) is 0 Å². The Morgan fingerprint density at radius 3 is 2.10 bits per heavy atom. The first-order valence-corrected chi connectivity index (χ1v) is 7.78. The lowest BCUT2D eigenvalue weighted by Crippen LogP contribution is -2.38. The number of hydrogen-bond donors (Lipinski definition) is 0. The number of rotatable bonds is 1. The first kappa shape index (κ1) is 13.1. The second-order valence-corrected chi connectivity index (χ2v) is 6.69. The highest BCUT2D eigenvalue weighted by atomic mass is 35.5. The molecule has 1 heterocycles. The molecule has 3 nitrogen and oxygen atoms in total. The number of aryl methyl sites for hydroxylation is 1. The van der Waals surface area contributed by atoms with E-state index in [1.807, 2.05) is 19.1 Å². The topological polar surface area (TPSA) is 37.4 Å². The fraction of sp³-hybridized carbons (Fsp3) is 0.412. The summed E-state index contributed by atoms with van der Waals surface area (Å²) >= 11 is 6.15. The highest BCUT2D eigenvalue weighted by Gasteiger charge is 2.56. The lowest BCUT2D eigenvalue weighted by molar-refractivity contribution is -0.124. The summed E-state index contributed by atoms with van der Waals surface area (Å²) in [5, 5.41) is 0.587. The Labute approximate surface area is 128 Å². The summed E-state index contributed by atoms with van der Waals surface area (Å²) in [6, 6.07) is 5.39. The van der Waals surface area contributed by atoms with Crippen molar-refractivity contribution in [2.45, 2.75) is 19.8 Å². The zero-order chi connectivity index (χ0) is 14.7. The third-order valence-electron chi connectivity index (χ3n) is 5.17. The van der Waals surface area contributed by atoms with Crippen LogP contribution in [0, 0.1) is 30.6 Å². The highest BCUT2D eigenvalue weighted by Crippen LogP contribution is 2.50. The Morgan fingerprint density at radius 2 is 1.62 bits per heavy atom. The molecule has 2 amide bonds. The first-order valence-electron chi connectivity index (χ1n) is 7.40. The summed E-state index contributed by atoms with van der Waals surface area (Å²) in [7, 11) is 0. The first-order chi connectivity index (χ1) is 10.1. The van der Waals surface area contributed by atoms with Crippen LogP contribution in [0.15, 0.2) is 30.4 Å². The smallest absolute Gasteiger partial charge is 0.238 e. The molecule has 1 saturated heterocycles. The molecule has 1 aliphatic heterocycles. The van der Waals surface area contributed by atoms with Gasteiger partial charge in [-0.25, -0.2) is 4.90 Å².